The van der Waals surface area contributed by atoms with Crippen LogP contribution in [0.4, 0.5) is 0 Å². The molecule has 186 valence electrons. The molecular formula is C28H56O3. The molecule has 0 bridgehead atoms. The highest BCUT2D eigenvalue weighted by Gasteiger charge is 2.13. The Labute approximate surface area is 195 Å². The Balaban J connectivity index is 3.44. The maximum absolute atomic E-state index is 12.0. The molecule has 3 nitrogen and oxygen atoms in total. The summed E-state index contributed by atoms with van der Waals surface area (Å²) in [5.74, 6) is -0.123. The van der Waals surface area contributed by atoms with Crippen LogP contribution in [0.5, 0.6) is 0 Å². The van der Waals surface area contributed by atoms with Crippen LogP contribution in [0.3, 0.4) is 0 Å². The van der Waals surface area contributed by atoms with Crippen LogP contribution in [0.2, 0.25) is 0 Å². The van der Waals surface area contributed by atoms with Crippen molar-refractivity contribution in [3.8, 4) is 0 Å². The number of carbonyl (C=O) groups excluding carboxylic acids is 1. The van der Waals surface area contributed by atoms with E-state index in [-0.39, 0.29) is 18.7 Å². The van der Waals surface area contributed by atoms with Crippen molar-refractivity contribution in [3.05, 3.63) is 0 Å². The molecule has 1 unspecified atom stereocenters. The third-order valence-electron chi connectivity index (χ3n) is 6.37. The van der Waals surface area contributed by atoms with Crippen LogP contribution in [0.15, 0.2) is 0 Å². The molecule has 0 heterocycles. The first kappa shape index (κ1) is 30.4. The summed E-state index contributed by atoms with van der Waals surface area (Å²) in [6.45, 7) is 4.48. The number of hydrogen-bond donors (Lipinski definition) is 1. The van der Waals surface area contributed by atoms with Gasteiger partial charge in [-0.1, -0.05) is 136 Å². The molecule has 0 fully saturated rings. The van der Waals surface area contributed by atoms with Gasteiger partial charge in [-0.15, -0.1) is 0 Å². The summed E-state index contributed by atoms with van der Waals surface area (Å²) < 4.78 is 5.49. The molecule has 31 heavy (non-hydrogen) atoms. The predicted molar refractivity (Wildman–Crippen MR) is 135 cm³/mol. The third-order valence-corrected chi connectivity index (χ3v) is 6.37. The van der Waals surface area contributed by atoms with E-state index in [1.807, 2.05) is 0 Å². The fraction of sp³-hybridized carbons (Fsp3) is 0.964. The van der Waals surface area contributed by atoms with E-state index in [9.17, 15) is 9.90 Å². The Hall–Kier alpha value is -0.570. The highest BCUT2D eigenvalue weighted by Crippen LogP contribution is 2.15. The molecular weight excluding hydrogens is 384 g/mol. The lowest BCUT2D eigenvalue weighted by Crippen LogP contribution is -2.21. The van der Waals surface area contributed by atoms with Crippen LogP contribution in [-0.4, -0.2) is 23.8 Å². The van der Waals surface area contributed by atoms with Crippen LogP contribution >= 0.6 is 0 Å². The number of aliphatic hydroxyl groups is 1. The van der Waals surface area contributed by atoms with E-state index in [4.69, 9.17) is 4.74 Å². The predicted octanol–water partition coefficient (Wildman–Crippen LogP) is 8.90. The van der Waals surface area contributed by atoms with Gasteiger partial charge in [0.1, 0.15) is 6.10 Å². The minimum absolute atomic E-state index is 0.0403. The second kappa shape index (κ2) is 25.7. The van der Waals surface area contributed by atoms with Gasteiger partial charge in [0.05, 0.1) is 6.61 Å². The molecule has 0 rings (SSSR count). The van der Waals surface area contributed by atoms with Gasteiger partial charge < -0.3 is 9.84 Å². The second-order valence-corrected chi connectivity index (χ2v) is 9.55. The average molecular weight is 441 g/mol. The van der Waals surface area contributed by atoms with Crippen molar-refractivity contribution in [3.63, 3.8) is 0 Å². The third kappa shape index (κ3) is 23.9. The number of ether oxygens (including phenoxy) is 1. The van der Waals surface area contributed by atoms with Gasteiger partial charge in [-0.25, -0.2) is 0 Å². The lowest BCUT2D eigenvalue weighted by atomic mass is 10.0. The van der Waals surface area contributed by atoms with E-state index in [0.717, 1.165) is 25.7 Å². The number of esters is 1. The quantitative estimate of drug-likeness (QED) is 0.114. The molecule has 0 amide bonds. The largest absolute Gasteiger partial charge is 0.460 e. The van der Waals surface area contributed by atoms with Gasteiger partial charge in [0.2, 0.25) is 0 Å². The average Bonchev–Trinajstić information content (AvgIpc) is 2.77. The summed E-state index contributed by atoms with van der Waals surface area (Å²) in [6, 6.07) is 0. The Morgan fingerprint density at radius 2 is 0.935 bits per heavy atom. The summed E-state index contributed by atoms with van der Waals surface area (Å²) in [7, 11) is 0. The molecule has 0 aliphatic carbocycles. The zero-order chi connectivity index (χ0) is 22.8. The van der Waals surface area contributed by atoms with Crippen LogP contribution in [0, 0.1) is 0 Å². The zero-order valence-corrected chi connectivity index (χ0v) is 21.3. The number of hydrogen-bond acceptors (Lipinski definition) is 3. The van der Waals surface area contributed by atoms with E-state index >= 15 is 0 Å². The fourth-order valence-electron chi connectivity index (χ4n) is 4.23. The lowest BCUT2D eigenvalue weighted by molar-refractivity contribution is -0.151. The van der Waals surface area contributed by atoms with E-state index in [1.54, 1.807) is 0 Å². The molecule has 0 spiro atoms. The highest BCUT2D eigenvalue weighted by atomic mass is 16.5. The number of rotatable bonds is 25. The number of unbranched alkanes of at least 4 members (excludes halogenated alkanes) is 19. The maximum Gasteiger partial charge on any atom is 0.306 e. The van der Waals surface area contributed by atoms with Crippen molar-refractivity contribution in [1.82, 2.24) is 0 Å². The molecule has 0 aromatic rings. The van der Waals surface area contributed by atoms with Gasteiger partial charge in [-0.2, -0.15) is 0 Å². The maximum atomic E-state index is 12.0. The van der Waals surface area contributed by atoms with Crippen LogP contribution in [0.25, 0.3) is 0 Å². The lowest BCUT2D eigenvalue weighted by Gasteiger charge is -2.15. The molecule has 0 aliphatic heterocycles. The molecule has 0 aliphatic rings. The van der Waals surface area contributed by atoms with Crippen molar-refractivity contribution in [2.24, 2.45) is 0 Å². The molecule has 0 radical (unpaired) electrons. The standard InChI is InChI=1S/C28H56O3/c1-3-5-7-9-11-13-15-17-19-21-23-25-28(30)31-27(26-29)24-22-20-18-16-14-12-10-8-6-4-2/h27,29H,3-26H2,1-2H3. The van der Waals surface area contributed by atoms with Gasteiger partial charge in [0, 0.05) is 6.42 Å². The van der Waals surface area contributed by atoms with Gasteiger partial charge in [-0.05, 0) is 19.3 Å². The zero-order valence-electron chi connectivity index (χ0n) is 21.3. The van der Waals surface area contributed by atoms with Crippen molar-refractivity contribution >= 4 is 5.97 Å². The molecule has 0 aromatic carbocycles. The Morgan fingerprint density at radius 1 is 0.581 bits per heavy atom. The molecule has 0 aromatic heterocycles. The minimum atomic E-state index is -0.297. The van der Waals surface area contributed by atoms with E-state index in [0.29, 0.717) is 6.42 Å². The first-order chi connectivity index (χ1) is 15.2. The van der Waals surface area contributed by atoms with E-state index < -0.39 is 0 Å². The topological polar surface area (TPSA) is 46.5 Å². The van der Waals surface area contributed by atoms with Gasteiger partial charge in [0.25, 0.3) is 0 Å². The van der Waals surface area contributed by atoms with E-state index in [2.05, 4.69) is 13.8 Å². The Kier molecular flexibility index (Phi) is 25.2. The molecule has 1 atom stereocenters. The monoisotopic (exact) mass is 440 g/mol. The highest BCUT2D eigenvalue weighted by molar-refractivity contribution is 5.69. The van der Waals surface area contributed by atoms with Gasteiger partial charge in [0.15, 0.2) is 0 Å². The van der Waals surface area contributed by atoms with Crippen molar-refractivity contribution < 1.29 is 14.6 Å². The molecule has 3 heteroatoms. The molecule has 1 N–H and O–H groups in total. The Bertz CT molecular complexity index is 356. The smallest absolute Gasteiger partial charge is 0.306 e. The SMILES string of the molecule is CCCCCCCCCCCCCC(=O)OC(CO)CCCCCCCCCCCC. The van der Waals surface area contributed by atoms with Crippen molar-refractivity contribution in [1.29, 1.82) is 0 Å². The molecule has 0 saturated heterocycles. The Morgan fingerprint density at radius 3 is 1.32 bits per heavy atom. The summed E-state index contributed by atoms with van der Waals surface area (Å²) in [6.07, 6.45) is 28.1. The van der Waals surface area contributed by atoms with Gasteiger partial charge in [-0.3, -0.25) is 4.79 Å². The minimum Gasteiger partial charge on any atom is -0.460 e. The first-order valence-electron chi connectivity index (χ1n) is 14.0. The van der Waals surface area contributed by atoms with Crippen LogP contribution in [-0.2, 0) is 9.53 Å². The fourth-order valence-corrected chi connectivity index (χ4v) is 4.23. The summed E-state index contributed by atoms with van der Waals surface area (Å²) in [4.78, 5) is 12.0. The van der Waals surface area contributed by atoms with Crippen molar-refractivity contribution in [2.75, 3.05) is 6.61 Å². The number of aliphatic hydroxyl groups excluding tert-OH is 1. The summed E-state index contributed by atoms with van der Waals surface area (Å²) >= 11 is 0. The number of carbonyl (C=O) groups is 1. The molecule has 0 saturated carbocycles. The van der Waals surface area contributed by atoms with Crippen LogP contribution < -0.4 is 0 Å². The van der Waals surface area contributed by atoms with Crippen molar-refractivity contribution in [2.45, 2.75) is 168 Å². The van der Waals surface area contributed by atoms with Gasteiger partial charge >= 0.3 is 5.97 Å². The summed E-state index contributed by atoms with van der Waals surface area (Å²) in [5, 5.41) is 9.50. The summed E-state index contributed by atoms with van der Waals surface area (Å²) in [5.41, 5.74) is 0. The first-order valence-corrected chi connectivity index (χ1v) is 14.0. The van der Waals surface area contributed by atoms with E-state index in [1.165, 1.54) is 116 Å². The van der Waals surface area contributed by atoms with Crippen LogP contribution in [0.1, 0.15) is 162 Å². The second-order valence-electron chi connectivity index (χ2n) is 9.55. The normalized spacial score (nSPS) is 12.2.